The summed E-state index contributed by atoms with van der Waals surface area (Å²) in [5.74, 6) is -2.45. The summed E-state index contributed by atoms with van der Waals surface area (Å²) in [5, 5.41) is 21.7. The van der Waals surface area contributed by atoms with Gasteiger partial charge >= 0.3 is 5.97 Å². The number of ether oxygens (including phenoxy) is 1. The summed E-state index contributed by atoms with van der Waals surface area (Å²) < 4.78 is 32.5. The number of carbonyl (C=O) groups is 1. The Kier molecular flexibility index (Phi) is 5.54. The van der Waals surface area contributed by atoms with Gasteiger partial charge in [0, 0.05) is 17.7 Å². The van der Waals surface area contributed by atoms with E-state index in [1.807, 2.05) is 18.2 Å². The minimum Gasteiger partial charge on any atom is -0.462 e. The second kappa shape index (κ2) is 8.68. The standard InChI is InChI=1S/C25H20F2N4O3/c1-2-34-25(33)18-7-5-15(14-6-8-20(26)21(27)10-14)11-23(18)31-13-17-4-3-16(9-19(17)24(31)32)22-12-28-30-29-22/h3-12,24,32H,2,13H2,1H3,(H,28,29,30). The highest BCUT2D eigenvalue weighted by molar-refractivity contribution is 5.97. The van der Waals surface area contributed by atoms with Crippen LogP contribution in [0.4, 0.5) is 14.5 Å². The van der Waals surface area contributed by atoms with Crippen LogP contribution in [0.1, 0.15) is 34.6 Å². The van der Waals surface area contributed by atoms with Gasteiger partial charge < -0.3 is 14.7 Å². The Balaban J connectivity index is 1.57. The number of aliphatic hydroxyl groups excluding tert-OH is 1. The maximum absolute atomic E-state index is 13.9. The third-order valence-corrected chi connectivity index (χ3v) is 5.83. The van der Waals surface area contributed by atoms with Gasteiger partial charge in [0.25, 0.3) is 0 Å². The molecule has 0 saturated carbocycles. The Bertz CT molecular complexity index is 1370. The molecule has 0 fully saturated rings. The van der Waals surface area contributed by atoms with Crippen LogP contribution in [0, 0.1) is 11.6 Å². The lowest BCUT2D eigenvalue weighted by atomic mass is 10.0. The number of hydrogen-bond donors (Lipinski definition) is 2. The van der Waals surface area contributed by atoms with Crippen LogP contribution in [0.5, 0.6) is 0 Å². The van der Waals surface area contributed by atoms with Gasteiger partial charge in [0.15, 0.2) is 17.9 Å². The topological polar surface area (TPSA) is 91.3 Å². The van der Waals surface area contributed by atoms with Crippen molar-refractivity contribution in [2.24, 2.45) is 0 Å². The minimum atomic E-state index is -1.05. The molecule has 1 atom stereocenters. The van der Waals surface area contributed by atoms with E-state index in [0.717, 1.165) is 23.3 Å². The molecule has 9 heteroatoms. The first-order valence-electron chi connectivity index (χ1n) is 10.7. The van der Waals surface area contributed by atoms with Crippen LogP contribution in [0.3, 0.4) is 0 Å². The van der Waals surface area contributed by atoms with Crippen LogP contribution in [-0.2, 0) is 11.3 Å². The number of nitrogens with one attached hydrogen (secondary N) is 1. The third kappa shape index (κ3) is 3.80. The number of anilines is 1. The van der Waals surface area contributed by atoms with Crippen molar-refractivity contribution in [1.82, 2.24) is 15.4 Å². The lowest BCUT2D eigenvalue weighted by molar-refractivity contribution is 0.0526. The molecular weight excluding hydrogens is 442 g/mol. The lowest BCUT2D eigenvalue weighted by Gasteiger charge is -2.26. The number of aliphatic hydroxyl groups is 1. The number of rotatable bonds is 5. The molecule has 5 rings (SSSR count). The number of fused-ring (bicyclic) bond motifs is 1. The van der Waals surface area contributed by atoms with Crippen molar-refractivity contribution in [3.8, 4) is 22.4 Å². The van der Waals surface area contributed by atoms with E-state index in [1.54, 1.807) is 36.2 Å². The molecule has 1 unspecified atom stereocenters. The van der Waals surface area contributed by atoms with Crippen molar-refractivity contribution >= 4 is 11.7 Å². The fourth-order valence-corrected chi connectivity index (χ4v) is 4.14. The van der Waals surface area contributed by atoms with E-state index in [9.17, 15) is 18.7 Å². The van der Waals surface area contributed by atoms with Gasteiger partial charge in [-0.3, -0.25) is 0 Å². The summed E-state index contributed by atoms with van der Waals surface area (Å²) in [6, 6.07) is 14.1. The number of esters is 1. The molecule has 3 aromatic carbocycles. The van der Waals surface area contributed by atoms with Gasteiger partial charge in [-0.15, -0.1) is 0 Å². The molecule has 4 aromatic rings. The Morgan fingerprint density at radius 3 is 2.59 bits per heavy atom. The first kappa shape index (κ1) is 21.7. The highest BCUT2D eigenvalue weighted by Gasteiger charge is 2.32. The van der Waals surface area contributed by atoms with Crippen LogP contribution in [-0.4, -0.2) is 33.1 Å². The largest absolute Gasteiger partial charge is 0.462 e. The van der Waals surface area contributed by atoms with Gasteiger partial charge in [-0.2, -0.15) is 15.4 Å². The molecule has 0 radical (unpaired) electrons. The van der Waals surface area contributed by atoms with Crippen molar-refractivity contribution in [3.05, 3.63) is 89.1 Å². The monoisotopic (exact) mass is 462 g/mol. The van der Waals surface area contributed by atoms with Gasteiger partial charge in [0.2, 0.25) is 0 Å². The van der Waals surface area contributed by atoms with Crippen molar-refractivity contribution < 1.29 is 23.4 Å². The van der Waals surface area contributed by atoms with Gasteiger partial charge in [-0.1, -0.05) is 24.3 Å². The second-order valence-electron chi connectivity index (χ2n) is 7.85. The number of hydrogen-bond acceptors (Lipinski definition) is 6. The summed E-state index contributed by atoms with van der Waals surface area (Å²) in [5.41, 5.74) is 4.67. The summed E-state index contributed by atoms with van der Waals surface area (Å²) in [7, 11) is 0. The minimum absolute atomic E-state index is 0.188. The molecule has 0 amide bonds. The van der Waals surface area contributed by atoms with Gasteiger partial charge in [0.1, 0.15) is 5.69 Å². The molecular formula is C25H20F2N4O3. The normalized spacial score (nSPS) is 14.8. The van der Waals surface area contributed by atoms with Crippen LogP contribution in [0.25, 0.3) is 22.4 Å². The molecule has 34 heavy (non-hydrogen) atoms. The predicted octanol–water partition coefficient (Wildman–Crippen LogP) is 4.60. The molecule has 1 aliphatic rings. The molecule has 1 aliphatic heterocycles. The van der Waals surface area contributed by atoms with Crippen molar-refractivity contribution in [2.45, 2.75) is 19.7 Å². The fraction of sp³-hybridized carbons (Fsp3) is 0.160. The number of carbonyl (C=O) groups excluding carboxylic acids is 1. The van der Waals surface area contributed by atoms with E-state index >= 15 is 0 Å². The highest BCUT2D eigenvalue weighted by atomic mass is 19.2. The second-order valence-corrected chi connectivity index (χ2v) is 7.85. The summed E-state index contributed by atoms with van der Waals surface area (Å²) >= 11 is 0. The Labute approximate surface area is 193 Å². The number of halogens is 2. The van der Waals surface area contributed by atoms with Crippen LogP contribution < -0.4 is 4.90 Å². The number of H-pyrrole nitrogens is 1. The van der Waals surface area contributed by atoms with E-state index in [-0.39, 0.29) is 12.2 Å². The molecule has 172 valence electrons. The Morgan fingerprint density at radius 1 is 1.09 bits per heavy atom. The molecule has 2 heterocycles. The number of nitrogens with zero attached hydrogens (tertiary/aromatic N) is 3. The molecule has 0 saturated heterocycles. The molecule has 7 nitrogen and oxygen atoms in total. The average Bonchev–Trinajstić information content (AvgIpc) is 3.49. The Morgan fingerprint density at radius 2 is 1.85 bits per heavy atom. The van der Waals surface area contributed by atoms with E-state index in [1.165, 1.54) is 6.07 Å². The first-order valence-corrected chi connectivity index (χ1v) is 10.7. The zero-order valence-electron chi connectivity index (χ0n) is 18.1. The summed E-state index contributed by atoms with van der Waals surface area (Å²) in [6.07, 6.45) is 0.542. The molecule has 1 aromatic heterocycles. The maximum atomic E-state index is 13.9. The molecule has 2 N–H and O–H groups in total. The van der Waals surface area contributed by atoms with Crippen molar-refractivity contribution in [1.29, 1.82) is 0 Å². The van der Waals surface area contributed by atoms with E-state index < -0.39 is 23.8 Å². The van der Waals surface area contributed by atoms with Crippen LogP contribution >= 0.6 is 0 Å². The van der Waals surface area contributed by atoms with Crippen molar-refractivity contribution in [2.75, 3.05) is 11.5 Å². The number of benzene rings is 3. The summed E-state index contributed by atoms with van der Waals surface area (Å²) in [6.45, 7) is 2.23. The number of aromatic nitrogens is 3. The molecule has 0 bridgehead atoms. The lowest BCUT2D eigenvalue weighted by Crippen LogP contribution is -2.24. The SMILES string of the molecule is CCOC(=O)c1ccc(-c2ccc(F)c(F)c2)cc1N1Cc2ccc(-c3cn[nH]n3)cc2C1O. The van der Waals surface area contributed by atoms with E-state index in [0.29, 0.717) is 34.6 Å². The van der Waals surface area contributed by atoms with Gasteiger partial charge in [-0.25, -0.2) is 13.6 Å². The summed E-state index contributed by atoms with van der Waals surface area (Å²) in [4.78, 5) is 14.4. The van der Waals surface area contributed by atoms with E-state index in [4.69, 9.17) is 4.74 Å². The predicted molar refractivity (Wildman–Crippen MR) is 121 cm³/mol. The Hall–Kier alpha value is -4.11. The highest BCUT2D eigenvalue weighted by Crippen LogP contribution is 2.40. The number of aromatic amines is 1. The first-order chi connectivity index (χ1) is 16.5. The zero-order valence-corrected chi connectivity index (χ0v) is 18.1. The fourth-order valence-electron chi connectivity index (χ4n) is 4.14. The van der Waals surface area contributed by atoms with Crippen LogP contribution in [0.2, 0.25) is 0 Å². The van der Waals surface area contributed by atoms with Crippen molar-refractivity contribution in [3.63, 3.8) is 0 Å². The average molecular weight is 462 g/mol. The zero-order chi connectivity index (χ0) is 23.8. The van der Waals surface area contributed by atoms with Gasteiger partial charge in [0.05, 0.1) is 24.1 Å². The van der Waals surface area contributed by atoms with Crippen LogP contribution in [0.15, 0.2) is 60.8 Å². The van der Waals surface area contributed by atoms with Gasteiger partial charge in [-0.05, 0) is 53.9 Å². The van der Waals surface area contributed by atoms with E-state index in [2.05, 4.69) is 15.4 Å². The smallest absolute Gasteiger partial charge is 0.340 e. The third-order valence-electron chi connectivity index (χ3n) is 5.83. The quantitative estimate of drug-likeness (QED) is 0.421. The molecule has 0 spiro atoms. The molecule has 0 aliphatic carbocycles. The maximum Gasteiger partial charge on any atom is 0.340 e.